The summed E-state index contributed by atoms with van der Waals surface area (Å²) in [4.78, 5) is 7.11. The van der Waals surface area contributed by atoms with Crippen molar-refractivity contribution in [2.24, 2.45) is 0 Å². The fourth-order valence-corrected chi connectivity index (χ4v) is 3.11. The third kappa shape index (κ3) is 2.87. The van der Waals surface area contributed by atoms with Crippen molar-refractivity contribution in [1.82, 2.24) is 4.98 Å². The molecule has 1 fully saturated rings. The quantitative estimate of drug-likeness (QED) is 0.682. The van der Waals surface area contributed by atoms with Crippen LogP contribution in [0.1, 0.15) is 19.3 Å². The Morgan fingerprint density at radius 3 is 2.00 bits per heavy atom. The standard InChI is InChI=1S/C20H20N2O/c1-4-10-16(11-5-1)18-19(17-12-6-2-7-13-17)23-20(21-18)22-14-8-3-9-15-22/h1-2,4-7,10-13H,3,8-9,14-15H2. The molecular weight excluding hydrogens is 284 g/mol. The van der Waals surface area contributed by atoms with E-state index in [1.807, 2.05) is 36.4 Å². The third-order valence-electron chi connectivity index (χ3n) is 4.33. The molecule has 4 rings (SSSR count). The SMILES string of the molecule is c1ccc(-c2nc(N3CCCCC3)oc2-c2ccccc2)cc1. The van der Waals surface area contributed by atoms with Gasteiger partial charge in [0.15, 0.2) is 5.76 Å². The van der Waals surface area contributed by atoms with E-state index in [9.17, 15) is 0 Å². The molecule has 1 saturated heterocycles. The van der Waals surface area contributed by atoms with E-state index in [-0.39, 0.29) is 0 Å². The van der Waals surface area contributed by atoms with Crippen LogP contribution >= 0.6 is 0 Å². The Balaban J connectivity index is 1.81. The molecule has 2 aromatic carbocycles. The van der Waals surface area contributed by atoms with Gasteiger partial charge in [-0.15, -0.1) is 0 Å². The number of oxazole rings is 1. The van der Waals surface area contributed by atoms with Crippen molar-refractivity contribution in [1.29, 1.82) is 0 Å². The average Bonchev–Trinajstić information content (AvgIpc) is 3.09. The average molecular weight is 304 g/mol. The van der Waals surface area contributed by atoms with Gasteiger partial charge in [0.05, 0.1) is 0 Å². The normalized spacial score (nSPS) is 14.9. The fraction of sp³-hybridized carbons (Fsp3) is 0.250. The number of piperidine rings is 1. The van der Waals surface area contributed by atoms with Crippen molar-refractivity contribution in [3.8, 4) is 22.6 Å². The molecule has 0 N–H and O–H groups in total. The van der Waals surface area contributed by atoms with E-state index in [1.165, 1.54) is 19.3 Å². The molecular formula is C20H20N2O. The minimum atomic E-state index is 0.752. The molecule has 0 radical (unpaired) electrons. The predicted molar refractivity (Wildman–Crippen MR) is 93.4 cm³/mol. The zero-order valence-electron chi connectivity index (χ0n) is 13.1. The first-order valence-corrected chi connectivity index (χ1v) is 8.28. The highest BCUT2D eigenvalue weighted by molar-refractivity contribution is 5.78. The summed E-state index contributed by atoms with van der Waals surface area (Å²) in [6.07, 6.45) is 3.72. The Kier molecular flexibility index (Phi) is 3.85. The first-order valence-electron chi connectivity index (χ1n) is 8.28. The first-order chi connectivity index (χ1) is 11.4. The lowest BCUT2D eigenvalue weighted by atomic mass is 10.1. The lowest BCUT2D eigenvalue weighted by Crippen LogP contribution is -2.29. The molecule has 1 aliphatic rings. The zero-order valence-corrected chi connectivity index (χ0v) is 13.1. The molecule has 3 heteroatoms. The van der Waals surface area contributed by atoms with Gasteiger partial charge in [-0.2, -0.15) is 4.98 Å². The van der Waals surface area contributed by atoms with E-state index >= 15 is 0 Å². The summed E-state index contributed by atoms with van der Waals surface area (Å²) in [7, 11) is 0. The molecule has 2 heterocycles. The van der Waals surface area contributed by atoms with E-state index in [0.717, 1.165) is 41.7 Å². The lowest BCUT2D eigenvalue weighted by Gasteiger charge is -2.24. The molecule has 23 heavy (non-hydrogen) atoms. The van der Waals surface area contributed by atoms with Crippen LogP contribution in [0.3, 0.4) is 0 Å². The Morgan fingerprint density at radius 2 is 1.35 bits per heavy atom. The monoisotopic (exact) mass is 304 g/mol. The largest absolute Gasteiger partial charge is 0.423 e. The van der Waals surface area contributed by atoms with Gasteiger partial charge in [0.1, 0.15) is 5.69 Å². The second kappa shape index (κ2) is 6.29. The molecule has 3 aromatic rings. The molecule has 3 nitrogen and oxygen atoms in total. The Labute approximate surface area is 136 Å². The minimum Gasteiger partial charge on any atom is -0.423 e. The summed E-state index contributed by atoms with van der Waals surface area (Å²) in [5, 5.41) is 0. The lowest BCUT2D eigenvalue weighted by molar-refractivity contribution is 0.498. The summed E-state index contributed by atoms with van der Waals surface area (Å²) in [6.45, 7) is 2.06. The summed E-state index contributed by atoms with van der Waals surface area (Å²) >= 11 is 0. The van der Waals surface area contributed by atoms with Gasteiger partial charge in [0.2, 0.25) is 0 Å². The second-order valence-corrected chi connectivity index (χ2v) is 5.95. The number of anilines is 1. The highest BCUT2D eigenvalue weighted by Crippen LogP contribution is 2.35. The Morgan fingerprint density at radius 1 is 0.739 bits per heavy atom. The minimum absolute atomic E-state index is 0.752. The molecule has 1 aliphatic heterocycles. The van der Waals surface area contributed by atoms with E-state index in [2.05, 4.69) is 29.2 Å². The molecule has 0 aliphatic carbocycles. The Hall–Kier alpha value is -2.55. The van der Waals surface area contributed by atoms with Crippen LogP contribution in [0.4, 0.5) is 6.01 Å². The van der Waals surface area contributed by atoms with Crippen LogP contribution in [0.15, 0.2) is 65.1 Å². The van der Waals surface area contributed by atoms with Crippen molar-refractivity contribution in [2.75, 3.05) is 18.0 Å². The maximum atomic E-state index is 6.21. The van der Waals surface area contributed by atoms with Crippen LogP contribution in [0.2, 0.25) is 0 Å². The third-order valence-corrected chi connectivity index (χ3v) is 4.33. The van der Waals surface area contributed by atoms with Crippen LogP contribution < -0.4 is 4.90 Å². The van der Waals surface area contributed by atoms with Crippen LogP contribution in [0.25, 0.3) is 22.6 Å². The topological polar surface area (TPSA) is 29.3 Å². The van der Waals surface area contributed by atoms with Crippen LogP contribution in [0, 0.1) is 0 Å². The van der Waals surface area contributed by atoms with Crippen molar-refractivity contribution in [3.63, 3.8) is 0 Å². The molecule has 0 bridgehead atoms. The van der Waals surface area contributed by atoms with Gasteiger partial charge in [-0.05, 0) is 19.3 Å². The van der Waals surface area contributed by atoms with E-state index in [4.69, 9.17) is 9.40 Å². The number of benzene rings is 2. The molecule has 0 spiro atoms. The van der Waals surface area contributed by atoms with Gasteiger partial charge in [0, 0.05) is 24.2 Å². The zero-order chi connectivity index (χ0) is 15.5. The summed E-state index contributed by atoms with van der Waals surface area (Å²) in [5.74, 6) is 0.859. The van der Waals surface area contributed by atoms with Crippen molar-refractivity contribution in [2.45, 2.75) is 19.3 Å². The van der Waals surface area contributed by atoms with E-state index < -0.39 is 0 Å². The van der Waals surface area contributed by atoms with Crippen molar-refractivity contribution >= 4 is 6.01 Å². The number of hydrogen-bond donors (Lipinski definition) is 0. The number of nitrogens with zero attached hydrogens (tertiary/aromatic N) is 2. The smallest absolute Gasteiger partial charge is 0.298 e. The van der Waals surface area contributed by atoms with Gasteiger partial charge in [-0.3, -0.25) is 0 Å². The maximum absolute atomic E-state index is 6.21. The molecule has 0 unspecified atom stereocenters. The van der Waals surface area contributed by atoms with E-state index in [0.29, 0.717) is 0 Å². The second-order valence-electron chi connectivity index (χ2n) is 5.95. The Bertz CT molecular complexity index is 702. The first kappa shape index (κ1) is 14.1. The maximum Gasteiger partial charge on any atom is 0.298 e. The van der Waals surface area contributed by atoms with Gasteiger partial charge >= 0.3 is 0 Å². The van der Waals surface area contributed by atoms with Gasteiger partial charge in [-0.1, -0.05) is 60.7 Å². The summed E-state index contributed by atoms with van der Waals surface area (Å²) in [6, 6.07) is 21.3. The predicted octanol–water partition coefficient (Wildman–Crippen LogP) is 5.00. The number of aromatic nitrogens is 1. The highest BCUT2D eigenvalue weighted by Gasteiger charge is 2.21. The number of hydrogen-bond acceptors (Lipinski definition) is 3. The molecule has 1 aromatic heterocycles. The summed E-state index contributed by atoms with van der Waals surface area (Å²) < 4.78 is 6.21. The van der Waals surface area contributed by atoms with Gasteiger partial charge < -0.3 is 9.32 Å². The highest BCUT2D eigenvalue weighted by atomic mass is 16.4. The summed E-state index contributed by atoms with van der Waals surface area (Å²) in [5.41, 5.74) is 3.10. The fourth-order valence-electron chi connectivity index (χ4n) is 3.11. The van der Waals surface area contributed by atoms with Crippen LogP contribution in [-0.2, 0) is 0 Å². The molecule has 0 amide bonds. The van der Waals surface area contributed by atoms with Crippen molar-refractivity contribution in [3.05, 3.63) is 60.7 Å². The van der Waals surface area contributed by atoms with E-state index in [1.54, 1.807) is 0 Å². The molecule has 0 atom stereocenters. The van der Waals surface area contributed by atoms with Crippen molar-refractivity contribution < 1.29 is 4.42 Å². The molecule has 0 saturated carbocycles. The van der Waals surface area contributed by atoms with Crippen LogP contribution in [-0.4, -0.2) is 18.1 Å². The number of rotatable bonds is 3. The van der Waals surface area contributed by atoms with Gasteiger partial charge in [0.25, 0.3) is 6.01 Å². The van der Waals surface area contributed by atoms with Crippen LogP contribution in [0.5, 0.6) is 0 Å². The van der Waals surface area contributed by atoms with Gasteiger partial charge in [-0.25, -0.2) is 0 Å². The molecule has 116 valence electrons.